The van der Waals surface area contributed by atoms with Crippen LogP contribution in [0.5, 0.6) is 5.75 Å². The second kappa shape index (κ2) is 7.14. The Balaban J connectivity index is 1.83. The number of rotatable bonds is 2. The molecule has 4 rings (SSSR count). The normalized spacial score (nSPS) is 15.9. The van der Waals surface area contributed by atoms with Crippen molar-refractivity contribution in [3.05, 3.63) is 33.7 Å². The first-order chi connectivity index (χ1) is 13.1. The van der Waals surface area contributed by atoms with Crippen molar-refractivity contribution in [2.24, 2.45) is 0 Å². The van der Waals surface area contributed by atoms with Gasteiger partial charge in [-0.1, -0.05) is 23.6 Å². The van der Waals surface area contributed by atoms with E-state index in [2.05, 4.69) is 11.8 Å². The molecule has 0 radical (unpaired) electrons. The number of benzene rings is 1. The lowest BCUT2D eigenvalue weighted by atomic mass is 10.1. The van der Waals surface area contributed by atoms with Gasteiger partial charge in [-0.05, 0) is 24.6 Å². The van der Waals surface area contributed by atoms with Crippen molar-refractivity contribution in [2.45, 2.75) is 20.0 Å². The third-order valence-electron chi connectivity index (χ3n) is 4.67. The molecule has 7 nitrogen and oxygen atoms in total. The van der Waals surface area contributed by atoms with E-state index in [1.165, 1.54) is 0 Å². The highest BCUT2D eigenvalue weighted by Crippen LogP contribution is 2.37. The summed E-state index contributed by atoms with van der Waals surface area (Å²) in [6, 6.07) is 5.32. The molecule has 0 spiro atoms. The number of anilines is 1. The van der Waals surface area contributed by atoms with Gasteiger partial charge in [0.1, 0.15) is 10.9 Å². The Labute approximate surface area is 161 Å². The first-order valence-electron chi connectivity index (χ1n) is 8.66. The minimum Gasteiger partial charge on any atom is -0.482 e. The fourth-order valence-corrected chi connectivity index (χ4v) is 3.70. The summed E-state index contributed by atoms with van der Waals surface area (Å²) < 4.78 is 14.3. The highest BCUT2D eigenvalue weighted by atomic mass is 35.5. The molecular formula is C19H18ClN3O4. The van der Waals surface area contributed by atoms with E-state index in [0.717, 1.165) is 0 Å². The molecule has 3 heterocycles. The summed E-state index contributed by atoms with van der Waals surface area (Å²) in [5.74, 6) is 6.12. The number of fused-ring (bicyclic) bond motifs is 2. The van der Waals surface area contributed by atoms with E-state index < -0.39 is 0 Å². The predicted molar refractivity (Wildman–Crippen MR) is 101 cm³/mol. The van der Waals surface area contributed by atoms with Gasteiger partial charge in [0.05, 0.1) is 44.1 Å². The van der Waals surface area contributed by atoms with E-state index in [4.69, 9.17) is 21.1 Å². The van der Waals surface area contributed by atoms with Crippen LogP contribution in [0.1, 0.15) is 6.92 Å². The lowest BCUT2D eigenvalue weighted by Crippen LogP contribution is -2.39. The number of halogens is 1. The average molecular weight is 388 g/mol. The predicted octanol–water partition coefficient (Wildman–Crippen LogP) is 1.75. The Morgan fingerprint density at radius 2 is 1.96 bits per heavy atom. The van der Waals surface area contributed by atoms with E-state index in [9.17, 15) is 9.59 Å². The van der Waals surface area contributed by atoms with Gasteiger partial charge < -0.3 is 9.47 Å². The Kier molecular flexibility index (Phi) is 4.68. The number of hydrogen-bond acceptors (Lipinski definition) is 4. The van der Waals surface area contributed by atoms with Gasteiger partial charge in [0.2, 0.25) is 0 Å². The zero-order valence-corrected chi connectivity index (χ0v) is 15.6. The smallest absolute Gasteiger partial charge is 0.276 e. The Hall–Kier alpha value is -2.69. The summed E-state index contributed by atoms with van der Waals surface area (Å²) in [6.07, 6.45) is 0. The molecule has 1 amide bonds. The molecule has 0 aliphatic carbocycles. The van der Waals surface area contributed by atoms with Crippen LogP contribution in [0, 0.1) is 11.8 Å². The van der Waals surface area contributed by atoms with Gasteiger partial charge >= 0.3 is 0 Å². The summed E-state index contributed by atoms with van der Waals surface area (Å²) in [7, 11) is 0. The van der Waals surface area contributed by atoms with E-state index >= 15 is 0 Å². The second-order valence-corrected chi connectivity index (χ2v) is 6.57. The van der Waals surface area contributed by atoms with Crippen molar-refractivity contribution >= 4 is 23.2 Å². The number of carbonyl (C=O) groups excluding carboxylic acids is 1. The lowest BCUT2D eigenvalue weighted by Gasteiger charge is -2.28. The number of ether oxygens (including phenoxy) is 2. The lowest BCUT2D eigenvalue weighted by molar-refractivity contribution is -0.121. The quantitative estimate of drug-likeness (QED) is 0.736. The third kappa shape index (κ3) is 3.01. The standard InChI is InChI=1S/C19H18ClN3O4/c1-2-3-6-21-14-11-13(4-5-15(14)27-12-16(21)24)17-18(20)22-7-9-26-10-8-23(22)19(17)25/h4-5,11H,6-10,12H2,1H3. The topological polar surface area (TPSA) is 65.7 Å². The van der Waals surface area contributed by atoms with Crippen molar-refractivity contribution < 1.29 is 14.3 Å². The maximum absolute atomic E-state index is 12.9. The van der Waals surface area contributed by atoms with Crippen LogP contribution in [0.3, 0.4) is 0 Å². The van der Waals surface area contributed by atoms with Crippen LogP contribution in [0.25, 0.3) is 11.1 Å². The molecule has 0 atom stereocenters. The molecule has 27 heavy (non-hydrogen) atoms. The first kappa shape index (κ1) is 17.7. The Morgan fingerprint density at radius 3 is 2.74 bits per heavy atom. The Morgan fingerprint density at radius 1 is 1.19 bits per heavy atom. The molecule has 2 aliphatic heterocycles. The molecule has 0 unspecified atom stereocenters. The van der Waals surface area contributed by atoms with Crippen molar-refractivity contribution in [2.75, 3.05) is 31.3 Å². The number of nitrogens with zero attached hydrogens (tertiary/aromatic N) is 3. The molecule has 1 aromatic heterocycles. The van der Waals surface area contributed by atoms with Gasteiger partial charge in [0.15, 0.2) is 6.61 Å². The number of carbonyl (C=O) groups is 1. The summed E-state index contributed by atoms with van der Waals surface area (Å²) in [6.45, 7) is 3.90. The van der Waals surface area contributed by atoms with Crippen LogP contribution < -0.4 is 15.2 Å². The number of hydrogen-bond donors (Lipinski definition) is 0. The SMILES string of the molecule is CC#CCN1C(=O)COc2ccc(-c3c(Cl)n4n(c3=O)CCOCC4)cc21. The van der Waals surface area contributed by atoms with Crippen molar-refractivity contribution in [1.82, 2.24) is 9.36 Å². The van der Waals surface area contributed by atoms with Crippen LogP contribution in [0.15, 0.2) is 23.0 Å². The number of amides is 1. The highest BCUT2D eigenvalue weighted by molar-refractivity contribution is 6.32. The third-order valence-corrected chi connectivity index (χ3v) is 5.06. The fraction of sp³-hybridized carbons (Fsp3) is 0.368. The summed E-state index contributed by atoms with van der Waals surface area (Å²) >= 11 is 6.54. The molecule has 1 aromatic carbocycles. The Bertz CT molecular complexity index is 1030. The van der Waals surface area contributed by atoms with Crippen molar-refractivity contribution in [3.63, 3.8) is 0 Å². The van der Waals surface area contributed by atoms with Gasteiger partial charge in [0.25, 0.3) is 11.5 Å². The minimum atomic E-state index is -0.173. The minimum absolute atomic E-state index is 0.0261. The number of aromatic nitrogens is 2. The first-order valence-corrected chi connectivity index (χ1v) is 9.03. The van der Waals surface area contributed by atoms with Crippen molar-refractivity contribution in [3.8, 4) is 28.7 Å². The summed E-state index contributed by atoms with van der Waals surface area (Å²) in [5.41, 5.74) is 1.48. The van der Waals surface area contributed by atoms with Crippen LogP contribution in [0.4, 0.5) is 5.69 Å². The van der Waals surface area contributed by atoms with E-state index in [1.54, 1.807) is 39.4 Å². The fourth-order valence-electron chi connectivity index (χ4n) is 3.34. The zero-order chi connectivity index (χ0) is 19.0. The largest absolute Gasteiger partial charge is 0.482 e. The highest BCUT2D eigenvalue weighted by Gasteiger charge is 2.27. The van der Waals surface area contributed by atoms with Gasteiger partial charge in [-0.3, -0.25) is 19.2 Å². The molecule has 8 heteroatoms. The molecule has 2 aliphatic rings. The molecule has 0 fully saturated rings. The van der Waals surface area contributed by atoms with Gasteiger partial charge in [-0.15, -0.1) is 5.92 Å². The van der Waals surface area contributed by atoms with E-state index in [1.807, 2.05) is 0 Å². The van der Waals surface area contributed by atoms with E-state index in [-0.39, 0.29) is 24.6 Å². The summed E-state index contributed by atoms with van der Waals surface area (Å²) in [4.78, 5) is 26.8. The molecule has 0 N–H and O–H groups in total. The van der Waals surface area contributed by atoms with Crippen LogP contribution in [-0.2, 0) is 22.6 Å². The monoisotopic (exact) mass is 387 g/mol. The van der Waals surface area contributed by atoms with Gasteiger partial charge in [0, 0.05) is 0 Å². The molecular weight excluding hydrogens is 370 g/mol. The van der Waals surface area contributed by atoms with E-state index in [0.29, 0.717) is 54.0 Å². The molecule has 0 saturated carbocycles. The second-order valence-electron chi connectivity index (χ2n) is 6.21. The molecule has 0 saturated heterocycles. The maximum Gasteiger partial charge on any atom is 0.276 e. The van der Waals surface area contributed by atoms with Crippen LogP contribution >= 0.6 is 11.6 Å². The van der Waals surface area contributed by atoms with Gasteiger partial charge in [-0.2, -0.15) is 0 Å². The van der Waals surface area contributed by atoms with Crippen LogP contribution in [-0.4, -0.2) is 41.6 Å². The molecule has 0 bridgehead atoms. The molecule has 2 aromatic rings. The van der Waals surface area contributed by atoms with Gasteiger partial charge in [-0.25, -0.2) is 4.68 Å². The summed E-state index contributed by atoms with van der Waals surface area (Å²) in [5, 5.41) is 0.369. The zero-order valence-electron chi connectivity index (χ0n) is 14.8. The average Bonchev–Trinajstić information content (AvgIpc) is 2.84. The van der Waals surface area contributed by atoms with Crippen molar-refractivity contribution in [1.29, 1.82) is 0 Å². The molecule has 140 valence electrons. The van der Waals surface area contributed by atoms with Crippen LogP contribution in [0.2, 0.25) is 5.15 Å². The maximum atomic E-state index is 12.9.